The molecule has 0 saturated carbocycles. The molecule has 1 heterocycles. The largest absolute Gasteiger partial charge is 0.396 e. The van der Waals surface area contributed by atoms with Gasteiger partial charge in [0.1, 0.15) is 6.07 Å². The van der Waals surface area contributed by atoms with Gasteiger partial charge in [-0.2, -0.15) is 5.26 Å². The minimum Gasteiger partial charge on any atom is -0.396 e. The molecule has 0 radical (unpaired) electrons. The molecule has 2 aromatic rings. The second-order valence-electron chi connectivity index (χ2n) is 3.14. The molecule has 3 heteroatoms. The standard InChI is InChI=1S/C12H9N3/c13-7-12-11(14)6-10(8-15-12)9-4-2-1-3-5-9/h1-6,8H,14H2. The number of nitriles is 1. The molecule has 0 spiro atoms. The number of anilines is 1. The molecule has 0 aliphatic rings. The third-order valence-electron chi connectivity index (χ3n) is 2.13. The number of rotatable bonds is 1. The highest BCUT2D eigenvalue weighted by molar-refractivity contribution is 5.68. The van der Waals surface area contributed by atoms with Crippen LogP contribution in [-0.4, -0.2) is 4.98 Å². The van der Waals surface area contributed by atoms with E-state index in [2.05, 4.69) is 4.98 Å². The lowest BCUT2D eigenvalue weighted by Crippen LogP contribution is -1.94. The molecular formula is C12H9N3. The molecule has 72 valence electrons. The summed E-state index contributed by atoms with van der Waals surface area (Å²) in [4.78, 5) is 3.99. The van der Waals surface area contributed by atoms with Crippen molar-refractivity contribution in [3.05, 3.63) is 48.3 Å². The molecule has 3 nitrogen and oxygen atoms in total. The average Bonchev–Trinajstić information content (AvgIpc) is 2.30. The summed E-state index contributed by atoms with van der Waals surface area (Å²) in [6, 6.07) is 13.5. The van der Waals surface area contributed by atoms with Gasteiger partial charge in [-0.1, -0.05) is 30.3 Å². The molecule has 2 N–H and O–H groups in total. The lowest BCUT2D eigenvalue weighted by atomic mass is 10.1. The van der Waals surface area contributed by atoms with Crippen LogP contribution >= 0.6 is 0 Å². The van der Waals surface area contributed by atoms with Gasteiger partial charge in [-0.15, -0.1) is 0 Å². The summed E-state index contributed by atoms with van der Waals surface area (Å²) in [5, 5.41) is 8.69. The molecule has 0 atom stereocenters. The number of hydrogen-bond donors (Lipinski definition) is 1. The Morgan fingerprint density at radius 3 is 2.47 bits per heavy atom. The zero-order chi connectivity index (χ0) is 10.7. The molecule has 0 aliphatic heterocycles. The van der Waals surface area contributed by atoms with Crippen molar-refractivity contribution in [1.29, 1.82) is 5.26 Å². The van der Waals surface area contributed by atoms with Gasteiger partial charge in [-0.3, -0.25) is 0 Å². The summed E-state index contributed by atoms with van der Waals surface area (Å²) in [7, 11) is 0. The number of aromatic nitrogens is 1. The highest BCUT2D eigenvalue weighted by Gasteiger charge is 2.02. The van der Waals surface area contributed by atoms with Gasteiger partial charge in [-0.25, -0.2) is 4.98 Å². The van der Waals surface area contributed by atoms with Gasteiger partial charge in [0.25, 0.3) is 0 Å². The van der Waals surface area contributed by atoms with Crippen molar-refractivity contribution in [3.8, 4) is 17.2 Å². The number of nitrogens with two attached hydrogens (primary N) is 1. The predicted octanol–water partition coefficient (Wildman–Crippen LogP) is 2.20. The van der Waals surface area contributed by atoms with Crippen molar-refractivity contribution in [1.82, 2.24) is 4.98 Å². The van der Waals surface area contributed by atoms with Gasteiger partial charge < -0.3 is 5.73 Å². The van der Waals surface area contributed by atoms with E-state index in [1.807, 2.05) is 36.4 Å². The van der Waals surface area contributed by atoms with E-state index in [1.165, 1.54) is 0 Å². The second kappa shape index (κ2) is 3.81. The molecule has 0 amide bonds. The van der Waals surface area contributed by atoms with Crippen LogP contribution in [0.3, 0.4) is 0 Å². The van der Waals surface area contributed by atoms with E-state index in [9.17, 15) is 0 Å². The van der Waals surface area contributed by atoms with Crippen LogP contribution in [0.15, 0.2) is 42.6 Å². The first kappa shape index (κ1) is 9.22. The number of nitrogens with zero attached hydrogens (tertiary/aromatic N) is 2. The predicted molar refractivity (Wildman–Crippen MR) is 58.8 cm³/mol. The van der Waals surface area contributed by atoms with Gasteiger partial charge >= 0.3 is 0 Å². The summed E-state index contributed by atoms with van der Waals surface area (Å²) in [5.74, 6) is 0. The third-order valence-corrected chi connectivity index (χ3v) is 2.13. The number of nitrogen functional groups attached to an aromatic ring is 1. The maximum atomic E-state index is 8.69. The van der Waals surface area contributed by atoms with Crippen molar-refractivity contribution in [2.24, 2.45) is 0 Å². The Bertz CT molecular complexity index is 512. The van der Waals surface area contributed by atoms with Crippen LogP contribution in [0.25, 0.3) is 11.1 Å². The zero-order valence-corrected chi connectivity index (χ0v) is 8.01. The quantitative estimate of drug-likeness (QED) is 0.758. The topological polar surface area (TPSA) is 62.7 Å². The van der Waals surface area contributed by atoms with E-state index >= 15 is 0 Å². The normalized spacial score (nSPS) is 9.53. The first-order valence-electron chi connectivity index (χ1n) is 4.52. The van der Waals surface area contributed by atoms with Gasteiger partial charge in [0.15, 0.2) is 5.69 Å². The Morgan fingerprint density at radius 1 is 1.13 bits per heavy atom. The van der Waals surface area contributed by atoms with Crippen LogP contribution in [0.2, 0.25) is 0 Å². The van der Waals surface area contributed by atoms with Crippen LogP contribution in [-0.2, 0) is 0 Å². The lowest BCUT2D eigenvalue weighted by molar-refractivity contribution is 1.27. The van der Waals surface area contributed by atoms with Crippen molar-refractivity contribution in [3.63, 3.8) is 0 Å². The Morgan fingerprint density at radius 2 is 1.87 bits per heavy atom. The number of pyridine rings is 1. The van der Waals surface area contributed by atoms with Crippen LogP contribution in [0.5, 0.6) is 0 Å². The fourth-order valence-corrected chi connectivity index (χ4v) is 1.36. The maximum absolute atomic E-state index is 8.69. The minimum atomic E-state index is 0.273. The van der Waals surface area contributed by atoms with E-state index < -0.39 is 0 Å². The SMILES string of the molecule is N#Cc1ncc(-c2ccccc2)cc1N. The van der Waals surface area contributed by atoms with Crippen LogP contribution < -0.4 is 5.73 Å². The van der Waals surface area contributed by atoms with Gasteiger partial charge in [0.05, 0.1) is 5.69 Å². The smallest absolute Gasteiger partial charge is 0.163 e. The Labute approximate surface area is 87.8 Å². The summed E-state index contributed by atoms with van der Waals surface area (Å²) in [6.45, 7) is 0. The monoisotopic (exact) mass is 195 g/mol. The number of benzene rings is 1. The molecule has 0 unspecified atom stereocenters. The average molecular weight is 195 g/mol. The van der Waals surface area contributed by atoms with E-state index in [0.29, 0.717) is 5.69 Å². The van der Waals surface area contributed by atoms with Crippen molar-refractivity contribution in [2.75, 3.05) is 5.73 Å². The number of hydrogen-bond acceptors (Lipinski definition) is 3. The first-order chi connectivity index (χ1) is 7.31. The zero-order valence-electron chi connectivity index (χ0n) is 8.01. The van der Waals surface area contributed by atoms with Crippen LogP contribution in [0.4, 0.5) is 5.69 Å². The van der Waals surface area contributed by atoms with E-state index in [0.717, 1.165) is 11.1 Å². The highest BCUT2D eigenvalue weighted by Crippen LogP contribution is 2.21. The Kier molecular flexibility index (Phi) is 2.34. The summed E-state index contributed by atoms with van der Waals surface area (Å²) < 4.78 is 0. The van der Waals surface area contributed by atoms with Gasteiger partial charge in [0.2, 0.25) is 0 Å². The molecule has 0 saturated heterocycles. The maximum Gasteiger partial charge on any atom is 0.163 e. The molecule has 15 heavy (non-hydrogen) atoms. The summed E-state index contributed by atoms with van der Waals surface area (Å²) in [6.07, 6.45) is 1.66. The lowest BCUT2D eigenvalue weighted by Gasteiger charge is -2.02. The fourth-order valence-electron chi connectivity index (χ4n) is 1.36. The second-order valence-corrected chi connectivity index (χ2v) is 3.14. The molecule has 0 aliphatic carbocycles. The van der Waals surface area contributed by atoms with E-state index in [-0.39, 0.29) is 5.69 Å². The molecule has 2 rings (SSSR count). The fraction of sp³-hybridized carbons (Fsp3) is 0. The Hall–Kier alpha value is -2.34. The summed E-state index contributed by atoms with van der Waals surface area (Å²) in [5.41, 5.74) is 8.34. The van der Waals surface area contributed by atoms with Gasteiger partial charge in [-0.05, 0) is 11.6 Å². The van der Waals surface area contributed by atoms with Crippen molar-refractivity contribution >= 4 is 5.69 Å². The van der Waals surface area contributed by atoms with Crippen LogP contribution in [0, 0.1) is 11.3 Å². The van der Waals surface area contributed by atoms with Crippen LogP contribution in [0.1, 0.15) is 5.69 Å². The highest BCUT2D eigenvalue weighted by atomic mass is 14.7. The minimum absolute atomic E-state index is 0.273. The third kappa shape index (κ3) is 1.79. The van der Waals surface area contributed by atoms with Gasteiger partial charge in [0, 0.05) is 11.8 Å². The Balaban J connectivity index is 2.49. The van der Waals surface area contributed by atoms with E-state index in [4.69, 9.17) is 11.0 Å². The van der Waals surface area contributed by atoms with Crippen molar-refractivity contribution in [2.45, 2.75) is 0 Å². The van der Waals surface area contributed by atoms with Crippen molar-refractivity contribution < 1.29 is 0 Å². The molecule has 0 fully saturated rings. The molecule has 1 aromatic heterocycles. The molecule has 0 bridgehead atoms. The first-order valence-corrected chi connectivity index (χ1v) is 4.52. The van der Waals surface area contributed by atoms with E-state index in [1.54, 1.807) is 12.3 Å². The molecule has 1 aromatic carbocycles. The summed E-state index contributed by atoms with van der Waals surface area (Å²) >= 11 is 0. The molecular weight excluding hydrogens is 186 g/mol.